The van der Waals surface area contributed by atoms with E-state index in [0.29, 0.717) is 24.5 Å². The van der Waals surface area contributed by atoms with Crippen LogP contribution in [0.25, 0.3) is 22.5 Å². The summed E-state index contributed by atoms with van der Waals surface area (Å²) in [7, 11) is 0. The monoisotopic (exact) mass is 531 g/mol. The molecule has 2 heterocycles. The van der Waals surface area contributed by atoms with E-state index in [1.54, 1.807) is 0 Å². The predicted octanol–water partition coefficient (Wildman–Crippen LogP) is 6.17. The highest BCUT2D eigenvalue weighted by molar-refractivity contribution is 5.80. The summed E-state index contributed by atoms with van der Waals surface area (Å²) in [5.74, 6) is 1.04. The Morgan fingerprint density at radius 3 is 2.08 bits per heavy atom. The molecule has 9 nitrogen and oxygen atoms in total. The number of nitrogens with one attached hydrogen (secondary N) is 1. The smallest absolute Gasteiger partial charge is 0.232 e. The van der Waals surface area contributed by atoms with Gasteiger partial charge in [0.1, 0.15) is 5.82 Å². The summed E-state index contributed by atoms with van der Waals surface area (Å²) in [4.78, 5) is 5.04. The Morgan fingerprint density at radius 1 is 0.897 bits per heavy atom. The number of hydrogen-bond donors (Lipinski definition) is 1. The molecule has 39 heavy (non-hydrogen) atoms. The Kier molecular flexibility index (Phi) is 8.61. The summed E-state index contributed by atoms with van der Waals surface area (Å²) in [6.45, 7) is 17.5. The van der Waals surface area contributed by atoms with Gasteiger partial charge >= 0.3 is 0 Å². The molecule has 0 bridgehead atoms. The number of tetrazole rings is 1. The highest BCUT2D eigenvalue weighted by atomic mass is 16.7. The Bertz CT molecular complexity index is 1330. The minimum absolute atomic E-state index is 0.0229. The molecule has 2 aromatic heterocycles. The maximum absolute atomic E-state index is 6.36. The lowest BCUT2D eigenvalue weighted by atomic mass is 9.96. The third kappa shape index (κ3) is 6.96. The van der Waals surface area contributed by atoms with Crippen molar-refractivity contribution < 1.29 is 9.47 Å². The van der Waals surface area contributed by atoms with Gasteiger partial charge < -0.3 is 9.47 Å². The highest BCUT2D eigenvalue weighted by Crippen LogP contribution is 2.33. The van der Waals surface area contributed by atoms with E-state index in [1.165, 1.54) is 0 Å². The van der Waals surface area contributed by atoms with Crippen LogP contribution < -0.4 is 0 Å². The molecule has 2 aromatic carbocycles. The molecule has 0 spiro atoms. The maximum Gasteiger partial charge on any atom is 0.232 e. The van der Waals surface area contributed by atoms with E-state index in [2.05, 4.69) is 78.7 Å². The van der Waals surface area contributed by atoms with Gasteiger partial charge in [0.05, 0.1) is 12.2 Å². The van der Waals surface area contributed by atoms with Crippen LogP contribution in [0, 0.1) is 5.41 Å². The van der Waals surface area contributed by atoms with E-state index in [0.717, 1.165) is 34.6 Å². The van der Waals surface area contributed by atoms with E-state index >= 15 is 0 Å². The van der Waals surface area contributed by atoms with Crippen molar-refractivity contribution in [2.24, 2.45) is 5.41 Å². The molecule has 208 valence electrons. The fourth-order valence-electron chi connectivity index (χ4n) is 4.65. The van der Waals surface area contributed by atoms with Gasteiger partial charge in [-0.05, 0) is 55.0 Å². The zero-order valence-electron chi connectivity index (χ0n) is 24.4. The second kappa shape index (κ2) is 11.8. The normalized spacial score (nSPS) is 12.6. The summed E-state index contributed by atoms with van der Waals surface area (Å²) >= 11 is 0. The van der Waals surface area contributed by atoms with Crippen LogP contribution in [0.4, 0.5) is 0 Å². The number of aromatic amines is 1. The minimum atomic E-state index is -0.997. The molecule has 0 saturated heterocycles. The van der Waals surface area contributed by atoms with Gasteiger partial charge in [-0.3, -0.25) is 0 Å². The molecule has 0 unspecified atom stereocenters. The van der Waals surface area contributed by atoms with Crippen LogP contribution in [0.15, 0.2) is 48.5 Å². The zero-order valence-corrected chi connectivity index (χ0v) is 24.4. The van der Waals surface area contributed by atoms with E-state index in [1.807, 2.05) is 50.6 Å². The maximum atomic E-state index is 6.36. The lowest BCUT2D eigenvalue weighted by Crippen LogP contribution is -2.38. The molecule has 0 aliphatic rings. The topological polar surface area (TPSA) is 104 Å². The molecule has 4 aromatic rings. The first-order chi connectivity index (χ1) is 18.5. The van der Waals surface area contributed by atoms with Crippen molar-refractivity contribution in [2.45, 2.75) is 92.8 Å². The average Bonchev–Trinajstić information content (AvgIpc) is 3.53. The van der Waals surface area contributed by atoms with Gasteiger partial charge in [0, 0.05) is 24.9 Å². The van der Waals surface area contributed by atoms with Gasteiger partial charge in [0.2, 0.25) is 17.4 Å². The number of rotatable bonds is 11. The lowest BCUT2D eigenvalue weighted by molar-refractivity contribution is -0.284. The summed E-state index contributed by atoms with van der Waals surface area (Å²) in [5.41, 5.74) is 4.22. The molecule has 0 atom stereocenters. The van der Waals surface area contributed by atoms with Gasteiger partial charge in [-0.15, -0.1) is 10.2 Å². The summed E-state index contributed by atoms with van der Waals surface area (Å²) in [6.07, 6.45) is 1.17. The standard InChI is InChI=1S/C30H41N7O2/c1-9-30(38-20(2)3,39-21(4)5)28-31-26(37(34-28)19-29(6,7)8)18-22-14-16-23(17-15-22)24-12-10-11-13-25(24)27-32-35-36-33-27/h10-17,20-21H,9,18-19H2,1-8H3,(H,32,33,35,36). The molecular formula is C30H41N7O2. The Hall–Kier alpha value is -3.43. The number of benzene rings is 2. The van der Waals surface area contributed by atoms with Crippen LogP contribution in [-0.2, 0) is 28.2 Å². The summed E-state index contributed by atoms with van der Waals surface area (Å²) in [6, 6.07) is 16.6. The molecule has 1 N–H and O–H groups in total. The molecule has 0 saturated carbocycles. The van der Waals surface area contributed by atoms with Crippen molar-refractivity contribution in [3.05, 3.63) is 65.7 Å². The summed E-state index contributed by atoms with van der Waals surface area (Å²) < 4.78 is 14.7. The first-order valence-electron chi connectivity index (χ1n) is 13.7. The van der Waals surface area contributed by atoms with Crippen molar-refractivity contribution in [3.63, 3.8) is 0 Å². The fraction of sp³-hybridized carbons (Fsp3) is 0.500. The van der Waals surface area contributed by atoms with Gasteiger partial charge in [0.15, 0.2) is 0 Å². The SMILES string of the molecule is CCC(OC(C)C)(OC(C)C)c1nc(Cc2ccc(-c3ccccc3-c3nn[nH]n3)cc2)n(CC(C)(C)C)n1. The van der Waals surface area contributed by atoms with Crippen molar-refractivity contribution in [1.82, 2.24) is 35.4 Å². The first-order valence-corrected chi connectivity index (χ1v) is 13.7. The zero-order chi connectivity index (χ0) is 28.2. The van der Waals surface area contributed by atoms with Crippen LogP contribution in [0.3, 0.4) is 0 Å². The lowest BCUT2D eigenvalue weighted by Gasteiger charge is -2.33. The number of ether oxygens (including phenoxy) is 2. The van der Waals surface area contributed by atoms with Gasteiger partial charge in [-0.25, -0.2) is 9.67 Å². The third-order valence-electron chi connectivity index (χ3n) is 6.17. The van der Waals surface area contributed by atoms with E-state index < -0.39 is 5.79 Å². The molecule has 9 heteroatoms. The van der Waals surface area contributed by atoms with Crippen molar-refractivity contribution in [1.29, 1.82) is 0 Å². The first kappa shape index (κ1) is 28.6. The van der Waals surface area contributed by atoms with Crippen molar-refractivity contribution >= 4 is 0 Å². The average molecular weight is 532 g/mol. The van der Waals surface area contributed by atoms with Crippen LogP contribution in [0.2, 0.25) is 0 Å². The summed E-state index contributed by atoms with van der Waals surface area (Å²) in [5, 5.41) is 19.6. The second-order valence-electron chi connectivity index (χ2n) is 11.7. The molecule has 4 rings (SSSR count). The van der Waals surface area contributed by atoms with Crippen molar-refractivity contribution in [2.75, 3.05) is 0 Å². The Balaban J connectivity index is 1.68. The van der Waals surface area contributed by atoms with Gasteiger partial charge in [0.25, 0.3) is 0 Å². The molecule has 0 aliphatic carbocycles. The van der Waals surface area contributed by atoms with Crippen LogP contribution in [0.1, 0.15) is 79.0 Å². The van der Waals surface area contributed by atoms with Gasteiger partial charge in [-0.1, -0.05) is 76.2 Å². The number of aromatic nitrogens is 7. The number of H-pyrrole nitrogens is 1. The molecule has 0 amide bonds. The van der Waals surface area contributed by atoms with Crippen molar-refractivity contribution in [3.8, 4) is 22.5 Å². The highest BCUT2D eigenvalue weighted by Gasteiger charge is 2.40. The van der Waals surface area contributed by atoms with E-state index in [4.69, 9.17) is 19.6 Å². The molecule has 0 radical (unpaired) electrons. The molecular weight excluding hydrogens is 490 g/mol. The molecule has 0 aliphatic heterocycles. The second-order valence-corrected chi connectivity index (χ2v) is 11.7. The van der Waals surface area contributed by atoms with Crippen LogP contribution in [0.5, 0.6) is 0 Å². The minimum Gasteiger partial charge on any atom is -0.341 e. The fourth-order valence-corrected chi connectivity index (χ4v) is 4.65. The predicted molar refractivity (Wildman–Crippen MR) is 152 cm³/mol. The van der Waals surface area contributed by atoms with Crippen LogP contribution in [-0.4, -0.2) is 47.6 Å². The molecule has 0 fully saturated rings. The van der Waals surface area contributed by atoms with E-state index in [-0.39, 0.29) is 17.6 Å². The Morgan fingerprint density at radius 2 is 1.54 bits per heavy atom. The Labute approximate surface area is 231 Å². The quantitative estimate of drug-likeness (QED) is 0.231. The number of nitrogens with zero attached hydrogens (tertiary/aromatic N) is 6. The van der Waals surface area contributed by atoms with Gasteiger partial charge in [-0.2, -0.15) is 10.3 Å². The largest absolute Gasteiger partial charge is 0.341 e. The third-order valence-corrected chi connectivity index (χ3v) is 6.17. The number of hydrogen-bond acceptors (Lipinski definition) is 7. The van der Waals surface area contributed by atoms with Crippen LogP contribution >= 0.6 is 0 Å². The van der Waals surface area contributed by atoms with E-state index in [9.17, 15) is 0 Å².